The van der Waals surface area contributed by atoms with E-state index in [1.165, 1.54) is 69.3 Å². The number of aryl methyl sites for hydroxylation is 1. The highest BCUT2D eigenvalue weighted by molar-refractivity contribution is 5.92. The van der Waals surface area contributed by atoms with E-state index in [1.54, 1.807) is 12.7 Å². The lowest BCUT2D eigenvalue weighted by Gasteiger charge is -2.49. The molecule has 1 heterocycles. The molecular weight excluding hydrogens is 360 g/mol. The third-order valence-electron chi connectivity index (χ3n) is 8.55. The van der Waals surface area contributed by atoms with Crippen LogP contribution < -0.4 is 4.74 Å². The van der Waals surface area contributed by atoms with E-state index in [4.69, 9.17) is 14.7 Å². The summed E-state index contributed by atoms with van der Waals surface area (Å²) < 4.78 is 5.46. The van der Waals surface area contributed by atoms with Crippen LogP contribution in [0.25, 0.3) is 0 Å². The van der Waals surface area contributed by atoms with Crippen LogP contribution in [0.3, 0.4) is 0 Å². The Morgan fingerprint density at radius 2 is 2.00 bits per heavy atom. The zero-order valence-electron chi connectivity index (χ0n) is 18.2. The number of hydrogen-bond acceptors (Lipinski definition) is 4. The van der Waals surface area contributed by atoms with Crippen LogP contribution in [0.1, 0.15) is 68.9 Å². The van der Waals surface area contributed by atoms with Crippen LogP contribution in [0.4, 0.5) is 0 Å². The van der Waals surface area contributed by atoms with Crippen LogP contribution >= 0.6 is 0 Å². The first-order chi connectivity index (χ1) is 14.2. The zero-order valence-corrected chi connectivity index (χ0v) is 18.2. The maximum absolute atomic E-state index is 5.84. The van der Waals surface area contributed by atoms with Gasteiger partial charge in [0.05, 0.1) is 12.8 Å². The molecule has 29 heavy (non-hydrogen) atoms. The third-order valence-corrected chi connectivity index (χ3v) is 8.55. The molecule has 0 unspecified atom stereocenters. The first-order valence-corrected chi connectivity index (χ1v) is 11.8. The summed E-state index contributed by atoms with van der Waals surface area (Å²) in [4.78, 5) is 8.34. The summed E-state index contributed by atoms with van der Waals surface area (Å²) in [6.07, 6.45) is 10.1. The van der Waals surface area contributed by atoms with E-state index >= 15 is 0 Å². The molecule has 4 heteroatoms. The lowest BCUT2D eigenvalue weighted by Crippen LogP contribution is -2.42. The number of rotatable bonds is 5. The van der Waals surface area contributed by atoms with Crippen molar-refractivity contribution >= 4 is 5.71 Å². The van der Waals surface area contributed by atoms with E-state index in [-0.39, 0.29) is 5.41 Å². The van der Waals surface area contributed by atoms with E-state index in [1.807, 2.05) is 0 Å². The number of fused-ring (bicyclic) bond motifs is 5. The summed E-state index contributed by atoms with van der Waals surface area (Å²) in [7, 11) is 1.77. The summed E-state index contributed by atoms with van der Waals surface area (Å²) >= 11 is 0. The molecule has 158 valence electrons. The van der Waals surface area contributed by atoms with Crippen LogP contribution in [-0.2, 0) is 11.3 Å². The first-order valence-electron chi connectivity index (χ1n) is 11.8. The Morgan fingerprint density at radius 3 is 2.83 bits per heavy atom. The second-order valence-corrected chi connectivity index (χ2v) is 9.90. The minimum atomic E-state index is 0.249. The van der Waals surface area contributed by atoms with E-state index < -0.39 is 0 Å². The van der Waals surface area contributed by atoms with Crippen LogP contribution in [0.5, 0.6) is 5.75 Å². The van der Waals surface area contributed by atoms with Gasteiger partial charge in [-0.05, 0) is 105 Å². The Bertz CT molecular complexity index is 770. The summed E-state index contributed by atoms with van der Waals surface area (Å²) in [6.45, 7) is 6.72. The summed E-state index contributed by atoms with van der Waals surface area (Å²) in [5, 5.41) is 4.72. The van der Waals surface area contributed by atoms with Gasteiger partial charge in [0, 0.05) is 12.0 Å². The van der Waals surface area contributed by atoms with Crippen molar-refractivity contribution in [2.45, 2.75) is 64.2 Å². The molecule has 1 aromatic carbocycles. The van der Waals surface area contributed by atoms with Crippen LogP contribution in [0, 0.1) is 17.3 Å². The van der Waals surface area contributed by atoms with Crippen molar-refractivity contribution in [3.8, 4) is 5.75 Å². The first kappa shape index (κ1) is 19.4. The van der Waals surface area contributed by atoms with Crippen molar-refractivity contribution in [3.63, 3.8) is 0 Å². The Labute approximate surface area is 175 Å². The van der Waals surface area contributed by atoms with Crippen molar-refractivity contribution in [1.29, 1.82) is 0 Å². The average Bonchev–Trinajstić information content (AvgIpc) is 3.38. The van der Waals surface area contributed by atoms with E-state index in [9.17, 15) is 0 Å². The van der Waals surface area contributed by atoms with E-state index in [0.29, 0.717) is 0 Å². The number of ether oxygens (including phenoxy) is 1. The standard InChI is InChI=1S/C25H36N2O2/c1-25-12-11-21-20-8-6-19(28-2)17-18(20)5-7-22(21)23(25)9-10-24(25)26-29-16-15-27-13-3-4-14-27/h6,8,17,21-23H,3-5,7,9-16H2,1-2H3/t21-,22-,23+,25+/m1/s1. The number of nitrogens with zero attached hydrogens (tertiary/aromatic N) is 2. The quantitative estimate of drug-likeness (QED) is 0.518. The van der Waals surface area contributed by atoms with Gasteiger partial charge in [-0.1, -0.05) is 18.1 Å². The number of hydrogen-bond donors (Lipinski definition) is 0. The minimum Gasteiger partial charge on any atom is -0.497 e. The highest BCUT2D eigenvalue weighted by Gasteiger charge is 2.53. The van der Waals surface area contributed by atoms with E-state index in [2.05, 4.69) is 30.0 Å². The Hall–Kier alpha value is -1.55. The minimum absolute atomic E-state index is 0.249. The molecule has 3 fully saturated rings. The lowest BCUT2D eigenvalue weighted by atomic mass is 9.55. The molecule has 3 aliphatic carbocycles. The molecule has 1 saturated heterocycles. The van der Waals surface area contributed by atoms with E-state index in [0.717, 1.165) is 43.1 Å². The molecular formula is C25H36N2O2. The lowest BCUT2D eigenvalue weighted by molar-refractivity contribution is 0.0859. The van der Waals surface area contributed by atoms with Crippen molar-refractivity contribution in [1.82, 2.24) is 4.90 Å². The summed E-state index contributed by atoms with van der Waals surface area (Å²) in [5.74, 6) is 3.28. The SMILES string of the molecule is COc1ccc2c(c1)CC[C@@H]1[C@@H]2CC[C@]2(C)C(=NOCCN3CCCC3)CC[C@@H]12. The predicted molar refractivity (Wildman–Crippen MR) is 117 cm³/mol. The average molecular weight is 397 g/mol. The molecule has 1 aromatic rings. The smallest absolute Gasteiger partial charge is 0.129 e. The van der Waals surface area contributed by atoms with Crippen LogP contribution in [-0.4, -0.2) is 44.0 Å². The molecule has 4 atom stereocenters. The molecule has 0 aromatic heterocycles. The molecule has 4 nitrogen and oxygen atoms in total. The van der Waals surface area contributed by atoms with Gasteiger partial charge in [0.25, 0.3) is 0 Å². The monoisotopic (exact) mass is 396 g/mol. The molecule has 0 radical (unpaired) electrons. The summed E-state index contributed by atoms with van der Waals surface area (Å²) in [6, 6.07) is 6.78. The molecule has 0 spiro atoms. The maximum atomic E-state index is 5.84. The van der Waals surface area contributed by atoms with Crippen molar-refractivity contribution in [2.75, 3.05) is 33.4 Å². The fourth-order valence-electron chi connectivity index (χ4n) is 6.92. The molecule has 0 bridgehead atoms. The van der Waals surface area contributed by atoms with Gasteiger partial charge >= 0.3 is 0 Å². The predicted octanol–water partition coefficient (Wildman–Crippen LogP) is 5.02. The molecule has 0 N–H and O–H groups in total. The van der Waals surface area contributed by atoms with Gasteiger partial charge < -0.3 is 9.57 Å². The normalized spacial score (nSPS) is 35.2. The second-order valence-electron chi connectivity index (χ2n) is 9.90. The van der Waals surface area contributed by atoms with Gasteiger partial charge in [-0.25, -0.2) is 0 Å². The van der Waals surface area contributed by atoms with Gasteiger partial charge in [-0.3, -0.25) is 4.90 Å². The maximum Gasteiger partial charge on any atom is 0.129 e. The Balaban J connectivity index is 1.27. The van der Waals surface area contributed by atoms with Gasteiger partial charge in [0.1, 0.15) is 12.4 Å². The van der Waals surface area contributed by atoms with Gasteiger partial charge in [0.2, 0.25) is 0 Å². The molecule has 1 aliphatic heterocycles. The van der Waals surface area contributed by atoms with Gasteiger partial charge in [0.15, 0.2) is 0 Å². The number of oxime groups is 1. The molecule has 2 saturated carbocycles. The summed E-state index contributed by atoms with van der Waals surface area (Å²) in [5.41, 5.74) is 4.71. The fraction of sp³-hybridized carbons (Fsp3) is 0.720. The fourth-order valence-corrected chi connectivity index (χ4v) is 6.92. The molecule has 5 rings (SSSR count). The highest BCUT2D eigenvalue weighted by atomic mass is 16.6. The number of benzene rings is 1. The molecule has 4 aliphatic rings. The second kappa shape index (κ2) is 7.94. The Kier molecular flexibility index (Phi) is 5.32. The van der Waals surface area contributed by atoms with Gasteiger partial charge in [-0.2, -0.15) is 0 Å². The van der Waals surface area contributed by atoms with Crippen molar-refractivity contribution in [3.05, 3.63) is 29.3 Å². The van der Waals surface area contributed by atoms with Gasteiger partial charge in [-0.15, -0.1) is 0 Å². The topological polar surface area (TPSA) is 34.1 Å². The number of methoxy groups -OCH3 is 1. The number of likely N-dealkylation sites (tertiary alicyclic amines) is 1. The van der Waals surface area contributed by atoms with Crippen LogP contribution in [0.15, 0.2) is 23.4 Å². The molecule has 0 amide bonds. The van der Waals surface area contributed by atoms with Crippen LogP contribution in [0.2, 0.25) is 0 Å². The highest BCUT2D eigenvalue weighted by Crippen LogP contribution is 2.60. The Morgan fingerprint density at radius 1 is 1.14 bits per heavy atom. The van der Waals surface area contributed by atoms with Crippen molar-refractivity contribution in [2.24, 2.45) is 22.4 Å². The third kappa shape index (κ3) is 3.48. The van der Waals surface area contributed by atoms with Crippen molar-refractivity contribution < 1.29 is 9.57 Å². The largest absolute Gasteiger partial charge is 0.497 e. The zero-order chi connectivity index (χ0) is 19.8.